The maximum atomic E-state index is 5.36. The summed E-state index contributed by atoms with van der Waals surface area (Å²) in [5, 5.41) is 3.50. The molecule has 1 aromatic heterocycles. The van der Waals surface area contributed by atoms with Gasteiger partial charge in [0.15, 0.2) is 0 Å². The first kappa shape index (κ1) is 11.0. The van der Waals surface area contributed by atoms with Crippen LogP contribution < -0.4 is 10.2 Å². The summed E-state index contributed by atoms with van der Waals surface area (Å²) in [4.78, 5) is 7.00. The summed E-state index contributed by atoms with van der Waals surface area (Å²) in [6.07, 6.45) is 2.65. The number of morpholine rings is 1. The molecule has 2 aliphatic rings. The first-order valence-corrected chi connectivity index (χ1v) is 6.44. The number of ether oxygens (including phenoxy) is 1. The van der Waals surface area contributed by atoms with Crippen LogP contribution in [0.3, 0.4) is 0 Å². The summed E-state index contributed by atoms with van der Waals surface area (Å²) in [5.74, 6) is 1.09. The van der Waals surface area contributed by atoms with E-state index in [2.05, 4.69) is 28.4 Å². The zero-order valence-electron chi connectivity index (χ0n) is 10.1. The molecule has 1 saturated carbocycles. The number of hydrogen-bond donors (Lipinski definition) is 1. The minimum absolute atomic E-state index is 0.740. The fraction of sp³-hybridized carbons (Fsp3) is 0.615. The molecule has 2 heterocycles. The third-order valence-electron chi connectivity index (χ3n) is 3.28. The average Bonchev–Trinajstić information content (AvgIpc) is 3.22. The first-order chi connectivity index (χ1) is 8.42. The third-order valence-corrected chi connectivity index (χ3v) is 3.28. The molecule has 0 atom stereocenters. The molecule has 0 amide bonds. The number of aromatic nitrogens is 1. The van der Waals surface area contributed by atoms with Crippen molar-refractivity contribution in [2.75, 3.05) is 31.2 Å². The Morgan fingerprint density at radius 3 is 2.88 bits per heavy atom. The molecule has 1 aliphatic heterocycles. The fourth-order valence-electron chi connectivity index (χ4n) is 2.07. The lowest BCUT2D eigenvalue weighted by atomic mass is 10.3. The molecule has 1 aromatic rings. The Labute approximate surface area is 102 Å². The van der Waals surface area contributed by atoms with Gasteiger partial charge in [0.1, 0.15) is 5.82 Å². The molecule has 0 spiro atoms. The summed E-state index contributed by atoms with van der Waals surface area (Å²) in [6.45, 7) is 4.42. The second-order valence-corrected chi connectivity index (χ2v) is 4.74. The second-order valence-electron chi connectivity index (χ2n) is 4.74. The molecule has 0 aromatic carbocycles. The standard InChI is InChI=1S/C13H19N3O/c1-2-12(10-14-11-4-5-11)15-13(3-1)16-6-8-17-9-7-16/h1-3,11,14H,4-10H2. The van der Waals surface area contributed by atoms with Gasteiger partial charge in [0, 0.05) is 25.7 Å². The Bertz CT molecular complexity index is 373. The van der Waals surface area contributed by atoms with Crippen LogP contribution in [0.25, 0.3) is 0 Å². The van der Waals surface area contributed by atoms with Crippen LogP contribution in [0.5, 0.6) is 0 Å². The molecule has 1 saturated heterocycles. The lowest BCUT2D eigenvalue weighted by Gasteiger charge is -2.28. The maximum absolute atomic E-state index is 5.36. The summed E-state index contributed by atoms with van der Waals surface area (Å²) in [7, 11) is 0. The maximum Gasteiger partial charge on any atom is 0.129 e. The van der Waals surface area contributed by atoms with E-state index in [0.717, 1.165) is 50.4 Å². The molecule has 17 heavy (non-hydrogen) atoms. The number of nitrogens with one attached hydrogen (secondary N) is 1. The SMILES string of the molecule is c1cc(CNC2CC2)nc(N2CCOCC2)c1. The van der Waals surface area contributed by atoms with Gasteiger partial charge >= 0.3 is 0 Å². The molecule has 0 unspecified atom stereocenters. The molecule has 0 radical (unpaired) electrons. The van der Waals surface area contributed by atoms with Crippen molar-refractivity contribution < 1.29 is 4.74 Å². The van der Waals surface area contributed by atoms with Crippen molar-refractivity contribution in [2.45, 2.75) is 25.4 Å². The topological polar surface area (TPSA) is 37.4 Å². The lowest BCUT2D eigenvalue weighted by molar-refractivity contribution is 0.122. The summed E-state index contributed by atoms with van der Waals surface area (Å²) in [5.41, 5.74) is 1.14. The Hall–Kier alpha value is -1.13. The molecular formula is C13H19N3O. The highest BCUT2D eigenvalue weighted by molar-refractivity contribution is 5.39. The monoisotopic (exact) mass is 233 g/mol. The molecule has 2 fully saturated rings. The van der Waals surface area contributed by atoms with Gasteiger partial charge in [0.25, 0.3) is 0 Å². The predicted octanol–water partition coefficient (Wildman–Crippen LogP) is 1.17. The van der Waals surface area contributed by atoms with Crippen LogP contribution in [-0.4, -0.2) is 37.3 Å². The first-order valence-electron chi connectivity index (χ1n) is 6.44. The number of anilines is 1. The molecule has 4 nitrogen and oxygen atoms in total. The Morgan fingerprint density at radius 2 is 2.12 bits per heavy atom. The highest BCUT2D eigenvalue weighted by Gasteiger charge is 2.20. The van der Waals surface area contributed by atoms with Crippen LogP contribution in [0.4, 0.5) is 5.82 Å². The van der Waals surface area contributed by atoms with Crippen molar-refractivity contribution in [3.8, 4) is 0 Å². The smallest absolute Gasteiger partial charge is 0.129 e. The Balaban J connectivity index is 1.64. The number of pyridine rings is 1. The highest BCUT2D eigenvalue weighted by atomic mass is 16.5. The van der Waals surface area contributed by atoms with Gasteiger partial charge in [0.2, 0.25) is 0 Å². The molecular weight excluding hydrogens is 214 g/mol. The second kappa shape index (κ2) is 5.02. The number of rotatable bonds is 4. The number of nitrogens with zero attached hydrogens (tertiary/aromatic N) is 2. The van der Waals surface area contributed by atoms with Gasteiger partial charge in [-0.05, 0) is 25.0 Å². The zero-order chi connectivity index (χ0) is 11.5. The van der Waals surface area contributed by atoms with Gasteiger partial charge in [-0.2, -0.15) is 0 Å². The minimum atomic E-state index is 0.740. The number of hydrogen-bond acceptors (Lipinski definition) is 4. The molecule has 1 aliphatic carbocycles. The fourth-order valence-corrected chi connectivity index (χ4v) is 2.07. The van der Waals surface area contributed by atoms with E-state index in [1.807, 2.05) is 0 Å². The van der Waals surface area contributed by atoms with Crippen LogP contribution in [0.1, 0.15) is 18.5 Å². The normalized spacial score (nSPS) is 20.6. The van der Waals surface area contributed by atoms with Crippen molar-refractivity contribution in [2.24, 2.45) is 0 Å². The van der Waals surface area contributed by atoms with Crippen LogP contribution in [0, 0.1) is 0 Å². The van der Waals surface area contributed by atoms with E-state index < -0.39 is 0 Å². The van der Waals surface area contributed by atoms with E-state index in [9.17, 15) is 0 Å². The van der Waals surface area contributed by atoms with Gasteiger partial charge in [-0.1, -0.05) is 6.07 Å². The molecule has 3 rings (SSSR count). The van der Waals surface area contributed by atoms with Gasteiger partial charge in [-0.15, -0.1) is 0 Å². The quantitative estimate of drug-likeness (QED) is 0.847. The van der Waals surface area contributed by atoms with Gasteiger partial charge in [-0.3, -0.25) is 0 Å². The van der Waals surface area contributed by atoms with E-state index in [-0.39, 0.29) is 0 Å². The Morgan fingerprint density at radius 1 is 1.29 bits per heavy atom. The third kappa shape index (κ3) is 2.96. The van der Waals surface area contributed by atoms with E-state index in [0.29, 0.717) is 0 Å². The summed E-state index contributed by atoms with van der Waals surface area (Å²) >= 11 is 0. The van der Waals surface area contributed by atoms with E-state index >= 15 is 0 Å². The van der Waals surface area contributed by atoms with Gasteiger partial charge in [0.05, 0.1) is 18.9 Å². The van der Waals surface area contributed by atoms with Crippen molar-refractivity contribution >= 4 is 5.82 Å². The van der Waals surface area contributed by atoms with E-state index in [1.54, 1.807) is 0 Å². The molecule has 4 heteroatoms. The predicted molar refractivity (Wildman–Crippen MR) is 67.1 cm³/mol. The van der Waals surface area contributed by atoms with Crippen LogP contribution >= 0.6 is 0 Å². The largest absolute Gasteiger partial charge is 0.378 e. The lowest BCUT2D eigenvalue weighted by Crippen LogP contribution is -2.36. The highest BCUT2D eigenvalue weighted by Crippen LogP contribution is 2.19. The van der Waals surface area contributed by atoms with E-state index in [1.165, 1.54) is 12.8 Å². The Kier molecular flexibility index (Phi) is 3.25. The van der Waals surface area contributed by atoms with Crippen LogP contribution in [0.15, 0.2) is 18.2 Å². The molecule has 1 N–H and O–H groups in total. The zero-order valence-corrected chi connectivity index (χ0v) is 10.1. The summed E-state index contributed by atoms with van der Waals surface area (Å²) in [6, 6.07) is 7.02. The minimum Gasteiger partial charge on any atom is -0.378 e. The van der Waals surface area contributed by atoms with Crippen molar-refractivity contribution in [3.63, 3.8) is 0 Å². The van der Waals surface area contributed by atoms with Crippen LogP contribution in [0.2, 0.25) is 0 Å². The van der Waals surface area contributed by atoms with Crippen LogP contribution in [-0.2, 0) is 11.3 Å². The van der Waals surface area contributed by atoms with Gasteiger partial charge in [-0.25, -0.2) is 4.98 Å². The summed E-state index contributed by atoms with van der Waals surface area (Å²) < 4.78 is 5.36. The van der Waals surface area contributed by atoms with Crippen molar-refractivity contribution in [3.05, 3.63) is 23.9 Å². The average molecular weight is 233 g/mol. The van der Waals surface area contributed by atoms with E-state index in [4.69, 9.17) is 9.72 Å². The van der Waals surface area contributed by atoms with Crippen molar-refractivity contribution in [1.29, 1.82) is 0 Å². The molecule has 92 valence electrons. The molecule has 0 bridgehead atoms. The van der Waals surface area contributed by atoms with Crippen molar-refractivity contribution in [1.82, 2.24) is 10.3 Å². The van der Waals surface area contributed by atoms with Gasteiger partial charge < -0.3 is 15.0 Å².